The summed E-state index contributed by atoms with van der Waals surface area (Å²) in [4.78, 5) is 28.7. The third kappa shape index (κ3) is 2.63. The first-order valence-electron chi connectivity index (χ1n) is 9.56. The molecule has 1 aromatic carbocycles. The van der Waals surface area contributed by atoms with Crippen molar-refractivity contribution in [3.8, 4) is 0 Å². The second kappa shape index (κ2) is 6.67. The van der Waals surface area contributed by atoms with Crippen molar-refractivity contribution in [2.45, 2.75) is 50.2 Å². The molecule has 0 bridgehead atoms. The molecular formula is C20H27N3O3. The highest BCUT2D eigenvalue weighted by Crippen LogP contribution is 2.47. The van der Waals surface area contributed by atoms with Crippen molar-refractivity contribution in [1.82, 2.24) is 15.5 Å². The van der Waals surface area contributed by atoms with Gasteiger partial charge < -0.3 is 20.3 Å². The van der Waals surface area contributed by atoms with Crippen LogP contribution in [-0.2, 0) is 9.53 Å². The predicted molar refractivity (Wildman–Crippen MR) is 98.1 cm³/mol. The van der Waals surface area contributed by atoms with Gasteiger partial charge in [-0.2, -0.15) is 0 Å². The number of piperidine rings is 1. The minimum Gasteiger partial charge on any atom is -0.377 e. The van der Waals surface area contributed by atoms with Crippen LogP contribution in [0.2, 0.25) is 0 Å². The van der Waals surface area contributed by atoms with E-state index in [2.05, 4.69) is 10.6 Å². The Morgan fingerprint density at radius 1 is 1.27 bits per heavy atom. The molecule has 0 aliphatic carbocycles. The highest BCUT2D eigenvalue weighted by atomic mass is 16.5. The Labute approximate surface area is 154 Å². The van der Waals surface area contributed by atoms with Gasteiger partial charge in [-0.15, -0.1) is 0 Å². The SMILES string of the molecule is CC(C)N1C(=O)c2ccccc2C(C(=O)NC2COC2)C12CCNCC2. The molecule has 1 atom stereocenters. The van der Waals surface area contributed by atoms with E-state index >= 15 is 0 Å². The van der Waals surface area contributed by atoms with Crippen molar-refractivity contribution in [3.63, 3.8) is 0 Å². The van der Waals surface area contributed by atoms with Crippen LogP contribution in [0, 0.1) is 0 Å². The van der Waals surface area contributed by atoms with E-state index in [9.17, 15) is 9.59 Å². The molecule has 3 aliphatic heterocycles. The van der Waals surface area contributed by atoms with Crippen molar-refractivity contribution in [2.75, 3.05) is 26.3 Å². The largest absolute Gasteiger partial charge is 0.377 e. The average Bonchev–Trinajstić information content (AvgIpc) is 2.59. The molecule has 0 saturated carbocycles. The van der Waals surface area contributed by atoms with Gasteiger partial charge in [-0.3, -0.25) is 9.59 Å². The summed E-state index contributed by atoms with van der Waals surface area (Å²) in [5.74, 6) is -0.277. The Hall–Kier alpha value is -1.92. The van der Waals surface area contributed by atoms with Crippen LogP contribution in [0.15, 0.2) is 24.3 Å². The number of hydrogen-bond donors (Lipinski definition) is 2. The van der Waals surface area contributed by atoms with Gasteiger partial charge in [0.05, 0.1) is 30.7 Å². The number of carbonyl (C=O) groups is 2. The normalized spacial score (nSPS) is 25.1. The van der Waals surface area contributed by atoms with Crippen LogP contribution in [0.1, 0.15) is 48.5 Å². The van der Waals surface area contributed by atoms with Crippen molar-refractivity contribution in [1.29, 1.82) is 0 Å². The first-order valence-corrected chi connectivity index (χ1v) is 9.56. The van der Waals surface area contributed by atoms with Crippen LogP contribution in [0.3, 0.4) is 0 Å². The van der Waals surface area contributed by atoms with Gasteiger partial charge in [0.2, 0.25) is 5.91 Å². The van der Waals surface area contributed by atoms with Crippen molar-refractivity contribution >= 4 is 11.8 Å². The van der Waals surface area contributed by atoms with Gasteiger partial charge in [-0.05, 0) is 51.4 Å². The van der Waals surface area contributed by atoms with Crippen molar-refractivity contribution < 1.29 is 14.3 Å². The molecule has 26 heavy (non-hydrogen) atoms. The third-order valence-corrected chi connectivity index (χ3v) is 5.97. The monoisotopic (exact) mass is 357 g/mol. The molecule has 0 aromatic heterocycles. The summed E-state index contributed by atoms with van der Waals surface area (Å²) < 4.78 is 5.22. The molecule has 3 aliphatic rings. The van der Waals surface area contributed by atoms with E-state index in [-0.39, 0.29) is 29.8 Å². The van der Waals surface area contributed by atoms with E-state index in [0.29, 0.717) is 18.8 Å². The Kier molecular flexibility index (Phi) is 4.49. The van der Waals surface area contributed by atoms with Crippen LogP contribution in [0.25, 0.3) is 0 Å². The molecule has 1 unspecified atom stereocenters. The Balaban J connectivity index is 1.83. The van der Waals surface area contributed by atoms with Gasteiger partial charge in [0, 0.05) is 11.6 Å². The van der Waals surface area contributed by atoms with Gasteiger partial charge in [0.1, 0.15) is 0 Å². The lowest BCUT2D eigenvalue weighted by Crippen LogP contribution is -2.67. The first kappa shape index (κ1) is 17.5. The van der Waals surface area contributed by atoms with Crippen LogP contribution in [-0.4, -0.2) is 60.6 Å². The highest BCUT2D eigenvalue weighted by molar-refractivity contribution is 6.02. The van der Waals surface area contributed by atoms with Gasteiger partial charge in [-0.1, -0.05) is 18.2 Å². The molecule has 1 aromatic rings. The Morgan fingerprint density at radius 2 is 1.96 bits per heavy atom. The highest BCUT2D eigenvalue weighted by Gasteiger charge is 2.55. The molecule has 1 spiro atoms. The van der Waals surface area contributed by atoms with E-state index in [4.69, 9.17) is 4.74 Å². The minimum absolute atomic E-state index is 0.0193. The van der Waals surface area contributed by atoms with Crippen LogP contribution < -0.4 is 10.6 Å². The molecular weight excluding hydrogens is 330 g/mol. The van der Waals surface area contributed by atoms with Crippen LogP contribution in [0.4, 0.5) is 0 Å². The number of hydrogen-bond acceptors (Lipinski definition) is 4. The molecule has 6 heteroatoms. The van der Waals surface area contributed by atoms with E-state index in [0.717, 1.165) is 31.5 Å². The molecule has 2 N–H and O–H groups in total. The molecule has 2 amide bonds. The van der Waals surface area contributed by atoms with E-state index < -0.39 is 5.54 Å². The van der Waals surface area contributed by atoms with E-state index in [1.807, 2.05) is 43.0 Å². The number of nitrogens with zero attached hydrogens (tertiary/aromatic N) is 1. The zero-order chi connectivity index (χ0) is 18.3. The summed E-state index contributed by atoms with van der Waals surface area (Å²) >= 11 is 0. The zero-order valence-corrected chi connectivity index (χ0v) is 15.5. The summed E-state index contributed by atoms with van der Waals surface area (Å²) in [7, 11) is 0. The summed E-state index contributed by atoms with van der Waals surface area (Å²) in [5.41, 5.74) is 1.06. The third-order valence-electron chi connectivity index (χ3n) is 5.97. The van der Waals surface area contributed by atoms with Gasteiger partial charge in [0.15, 0.2) is 0 Å². The molecule has 2 fully saturated rings. The maximum atomic E-state index is 13.4. The van der Waals surface area contributed by atoms with Gasteiger partial charge in [-0.25, -0.2) is 0 Å². The molecule has 140 valence electrons. The number of nitrogens with one attached hydrogen (secondary N) is 2. The number of ether oxygens (including phenoxy) is 1. The Morgan fingerprint density at radius 3 is 2.58 bits per heavy atom. The molecule has 6 nitrogen and oxygen atoms in total. The topological polar surface area (TPSA) is 70.7 Å². The van der Waals surface area contributed by atoms with Gasteiger partial charge in [0.25, 0.3) is 5.91 Å². The second-order valence-corrected chi connectivity index (χ2v) is 7.89. The van der Waals surface area contributed by atoms with E-state index in [1.54, 1.807) is 0 Å². The fraction of sp³-hybridized carbons (Fsp3) is 0.600. The average molecular weight is 357 g/mol. The maximum absolute atomic E-state index is 13.4. The lowest BCUT2D eigenvalue weighted by atomic mass is 9.67. The summed E-state index contributed by atoms with van der Waals surface area (Å²) in [6.45, 7) is 6.86. The predicted octanol–water partition coefficient (Wildman–Crippen LogP) is 1.27. The molecule has 3 heterocycles. The van der Waals surface area contributed by atoms with Crippen LogP contribution in [0.5, 0.6) is 0 Å². The Bertz CT molecular complexity index is 708. The summed E-state index contributed by atoms with van der Waals surface area (Å²) in [5, 5.41) is 6.54. The lowest BCUT2D eigenvalue weighted by Gasteiger charge is -2.55. The number of rotatable bonds is 3. The first-order chi connectivity index (χ1) is 12.5. The second-order valence-electron chi connectivity index (χ2n) is 7.89. The fourth-order valence-electron chi connectivity index (χ4n) is 4.83. The van der Waals surface area contributed by atoms with Gasteiger partial charge >= 0.3 is 0 Å². The van der Waals surface area contributed by atoms with E-state index in [1.165, 1.54) is 0 Å². The minimum atomic E-state index is -0.473. The summed E-state index contributed by atoms with van der Waals surface area (Å²) in [6, 6.07) is 7.74. The maximum Gasteiger partial charge on any atom is 0.254 e. The number of fused-ring (bicyclic) bond motifs is 1. The molecule has 4 rings (SSSR count). The standard InChI is InChI=1S/C20H27N3O3/c1-13(2)23-19(25)16-6-4-3-5-15(16)17(18(24)22-14-11-26-12-14)20(23)7-9-21-10-8-20/h3-6,13-14,17,21H,7-12H2,1-2H3,(H,22,24). The van der Waals surface area contributed by atoms with Crippen LogP contribution >= 0.6 is 0 Å². The summed E-state index contributed by atoms with van der Waals surface area (Å²) in [6.07, 6.45) is 1.56. The number of carbonyl (C=O) groups excluding carboxylic acids is 2. The number of amides is 2. The molecule has 2 saturated heterocycles. The zero-order valence-electron chi connectivity index (χ0n) is 15.5. The fourth-order valence-corrected chi connectivity index (χ4v) is 4.83. The van der Waals surface area contributed by atoms with Crippen molar-refractivity contribution in [3.05, 3.63) is 35.4 Å². The number of benzene rings is 1. The molecule has 0 radical (unpaired) electrons. The lowest BCUT2D eigenvalue weighted by molar-refractivity contribution is -0.131. The van der Waals surface area contributed by atoms with Crippen molar-refractivity contribution in [2.24, 2.45) is 0 Å². The quantitative estimate of drug-likeness (QED) is 0.855. The smallest absolute Gasteiger partial charge is 0.254 e.